The number of rotatable bonds is 5. The van der Waals surface area contributed by atoms with Crippen LogP contribution in [-0.2, 0) is 4.79 Å². The van der Waals surface area contributed by atoms with Gasteiger partial charge in [-0.3, -0.25) is 4.79 Å². The molecule has 21 heavy (non-hydrogen) atoms. The predicted octanol–water partition coefficient (Wildman–Crippen LogP) is 3.40. The van der Waals surface area contributed by atoms with Gasteiger partial charge in [0.15, 0.2) is 0 Å². The Morgan fingerprint density at radius 2 is 1.86 bits per heavy atom. The van der Waals surface area contributed by atoms with Crippen LogP contribution in [0.2, 0.25) is 0 Å². The average Bonchev–Trinajstić information content (AvgIpc) is 2.28. The Morgan fingerprint density at radius 1 is 1.24 bits per heavy atom. The molecule has 0 spiro atoms. The van der Waals surface area contributed by atoms with Crippen LogP contribution >= 0.6 is 0 Å². The lowest BCUT2D eigenvalue weighted by Gasteiger charge is -2.26. The molecule has 0 radical (unpaired) electrons. The van der Waals surface area contributed by atoms with Gasteiger partial charge in [0.05, 0.1) is 6.42 Å². The highest BCUT2D eigenvalue weighted by atomic mass is 16.4. The first-order valence-electron chi connectivity index (χ1n) is 7.02. The Balaban J connectivity index is 2.67. The highest BCUT2D eigenvalue weighted by Crippen LogP contribution is 2.22. The van der Waals surface area contributed by atoms with Crippen LogP contribution in [0.5, 0.6) is 0 Å². The molecule has 0 saturated carbocycles. The average molecular weight is 292 g/mol. The molecular weight excluding hydrogens is 268 g/mol. The molecule has 3 N–H and O–H groups in total. The third-order valence-electron chi connectivity index (χ3n) is 3.01. The van der Waals surface area contributed by atoms with Crippen LogP contribution in [0.4, 0.5) is 10.5 Å². The Morgan fingerprint density at radius 3 is 2.38 bits per heavy atom. The van der Waals surface area contributed by atoms with Crippen molar-refractivity contribution in [3.8, 4) is 0 Å². The second-order valence-corrected chi connectivity index (χ2v) is 6.47. The van der Waals surface area contributed by atoms with Crippen molar-refractivity contribution in [1.82, 2.24) is 5.32 Å². The molecule has 0 aliphatic heterocycles. The molecule has 0 bridgehead atoms. The molecule has 1 unspecified atom stereocenters. The quantitative estimate of drug-likeness (QED) is 0.778. The number of carbonyl (C=O) groups is 2. The lowest BCUT2D eigenvalue weighted by atomic mass is 9.87. The van der Waals surface area contributed by atoms with Gasteiger partial charge in [0.2, 0.25) is 0 Å². The van der Waals surface area contributed by atoms with E-state index in [0.717, 1.165) is 11.3 Å². The van der Waals surface area contributed by atoms with E-state index in [4.69, 9.17) is 5.11 Å². The van der Waals surface area contributed by atoms with Crippen LogP contribution in [0.1, 0.15) is 39.2 Å². The number of carboxylic acid groups (broad SMARTS) is 1. The summed E-state index contributed by atoms with van der Waals surface area (Å²) in [5.41, 5.74) is 1.62. The molecule has 1 rings (SSSR count). The smallest absolute Gasteiger partial charge is 0.319 e. The summed E-state index contributed by atoms with van der Waals surface area (Å²) in [6.45, 7) is 7.95. The number of hydrogen-bond donors (Lipinski definition) is 3. The third-order valence-corrected chi connectivity index (χ3v) is 3.01. The Hall–Kier alpha value is -2.04. The summed E-state index contributed by atoms with van der Waals surface area (Å²) < 4.78 is 0. The molecule has 0 aromatic heterocycles. The summed E-state index contributed by atoms with van der Waals surface area (Å²) in [5, 5.41) is 14.5. The van der Waals surface area contributed by atoms with Crippen molar-refractivity contribution in [3.05, 3.63) is 29.8 Å². The van der Waals surface area contributed by atoms with Crippen molar-refractivity contribution in [3.63, 3.8) is 0 Å². The number of anilines is 1. The molecular formula is C16H24N2O3. The third kappa shape index (κ3) is 6.79. The van der Waals surface area contributed by atoms with Crippen molar-refractivity contribution >= 4 is 17.7 Å². The fourth-order valence-electron chi connectivity index (χ4n) is 2.18. The monoisotopic (exact) mass is 292 g/mol. The first-order valence-corrected chi connectivity index (χ1v) is 7.02. The van der Waals surface area contributed by atoms with Crippen LogP contribution in [0.25, 0.3) is 0 Å². The summed E-state index contributed by atoms with van der Waals surface area (Å²) in [4.78, 5) is 22.9. The maximum absolute atomic E-state index is 12.0. The van der Waals surface area contributed by atoms with Crippen LogP contribution in [0.15, 0.2) is 24.3 Å². The summed E-state index contributed by atoms with van der Waals surface area (Å²) in [6.07, 6.45) is 0.513. The first-order chi connectivity index (χ1) is 9.67. The number of nitrogens with one attached hydrogen (secondary N) is 2. The van der Waals surface area contributed by atoms with Gasteiger partial charge < -0.3 is 15.7 Å². The molecule has 1 aromatic rings. The van der Waals surface area contributed by atoms with E-state index in [2.05, 4.69) is 10.6 Å². The number of aryl methyl sites for hydroxylation is 1. The molecule has 1 aromatic carbocycles. The van der Waals surface area contributed by atoms with Gasteiger partial charge in [0, 0.05) is 11.7 Å². The maximum Gasteiger partial charge on any atom is 0.319 e. The van der Waals surface area contributed by atoms with Crippen molar-refractivity contribution < 1.29 is 14.7 Å². The van der Waals surface area contributed by atoms with E-state index >= 15 is 0 Å². The minimum Gasteiger partial charge on any atom is -0.481 e. The minimum absolute atomic E-state index is 0.0595. The van der Waals surface area contributed by atoms with Gasteiger partial charge in [0.1, 0.15) is 0 Å². The fourth-order valence-corrected chi connectivity index (χ4v) is 2.18. The number of carbonyl (C=O) groups excluding carboxylic acids is 1. The SMILES string of the molecule is Cc1ccccc1NC(=O)NC(CC(=O)O)CC(C)(C)C. The van der Waals surface area contributed by atoms with E-state index < -0.39 is 12.0 Å². The van der Waals surface area contributed by atoms with Gasteiger partial charge in [-0.05, 0) is 30.4 Å². The van der Waals surface area contributed by atoms with Gasteiger partial charge in [0.25, 0.3) is 0 Å². The zero-order chi connectivity index (χ0) is 16.0. The fraction of sp³-hybridized carbons (Fsp3) is 0.500. The summed E-state index contributed by atoms with van der Waals surface area (Å²) >= 11 is 0. The largest absolute Gasteiger partial charge is 0.481 e. The van der Waals surface area contributed by atoms with E-state index in [9.17, 15) is 9.59 Å². The molecule has 0 fully saturated rings. The van der Waals surface area contributed by atoms with Crippen LogP contribution in [-0.4, -0.2) is 23.1 Å². The molecule has 0 saturated heterocycles. The molecule has 2 amide bonds. The zero-order valence-electron chi connectivity index (χ0n) is 13.1. The number of amides is 2. The van der Waals surface area contributed by atoms with E-state index in [1.54, 1.807) is 0 Å². The highest BCUT2D eigenvalue weighted by molar-refractivity contribution is 5.90. The number of urea groups is 1. The number of carboxylic acids is 1. The molecule has 1 atom stereocenters. The molecule has 0 heterocycles. The van der Waals surface area contributed by atoms with Crippen LogP contribution < -0.4 is 10.6 Å². The highest BCUT2D eigenvalue weighted by Gasteiger charge is 2.22. The van der Waals surface area contributed by atoms with Gasteiger partial charge in [-0.25, -0.2) is 4.79 Å². The molecule has 5 nitrogen and oxygen atoms in total. The van der Waals surface area contributed by atoms with Crippen LogP contribution in [0, 0.1) is 12.3 Å². The second-order valence-electron chi connectivity index (χ2n) is 6.47. The topological polar surface area (TPSA) is 78.4 Å². The number of para-hydroxylation sites is 1. The molecule has 0 aliphatic carbocycles. The first kappa shape index (κ1) is 17.0. The Labute approximate surface area is 125 Å². The lowest BCUT2D eigenvalue weighted by molar-refractivity contribution is -0.137. The minimum atomic E-state index is -0.916. The van der Waals surface area contributed by atoms with Crippen molar-refractivity contribution in [1.29, 1.82) is 0 Å². The summed E-state index contributed by atoms with van der Waals surface area (Å²) in [7, 11) is 0. The number of aliphatic carboxylic acids is 1. The van der Waals surface area contributed by atoms with E-state index in [0.29, 0.717) is 6.42 Å². The lowest BCUT2D eigenvalue weighted by Crippen LogP contribution is -2.41. The zero-order valence-corrected chi connectivity index (χ0v) is 13.1. The standard InChI is InChI=1S/C16H24N2O3/c1-11-7-5-6-8-13(11)18-15(21)17-12(9-14(19)20)10-16(2,3)4/h5-8,12H,9-10H2,1-4H3,(H,19,20)(H2,17,18,21). The maximum atomic E-state index is 12.0. The van der Waals surface area contributed by atoms with Gasteiger partial charge in [-0.2, -0.15) is 0 Å². The van der Waals surface area contributed by atoms with Crippen molar-refractivity contribution in [2.45, 2.75) is 46.6 Å². The Bertz CT molecular complexity index is 506. The molecule has 5 heteroatoms. The van der Waals surface area contributed by atoms with Crippen LogP contribution in [0.3, 0.4) is 0 Å². The molecule has 0 aliphatic rings. The number of hydrogen-bond acceptors (Lipinski definition) is 2. The van der Waals surface area contributed by atoms with E-state index in [1.165, 1.54) is 0 Å². The van der Waals surface area contributed by atoms with Gasteiger partial charge >= 0.3 is 12.0 Å². The van der Waals surface area contributed by atoms with E-state index in [-0.39, 0.29) is 17.9 Å². The molecule has 116 valence electrons. The van der Waals surface area contributed by atoms with Crippen molar-refractivity contribution in [2.75, 3.05) is 5.32 Å². The number of benzene rings is 1. The Kier molecular flexibility index (Phi) is 5.76. The van der Waals surface area contributed by atoms with Gasteiger partial charge in [-0.15, -0.1) is 0 Å². The van der Waals surface area contributed by atoms with E-state index in [1.807, 2.05) is 52.0 Å². The normalized spacial score (nSPS) is 12.6. The van der Waals surface area contributed by atoms with Crippen molar-refractivity contribution in [2.24, 2.45) is 5.41 Å². The summed E-state index contributed by atoms with van der Waals surface area (Å²) in [5.74, 6) is -0.916. The summed E-state index contributed by atoms with van der Waals surface area (Å²) in [6, 6.07) is 6.67. The van der Waals surface area contributed by atoms with Gasteiger partial charge in [-0.1, -0.05) is 39.0 Å². The predicted molar refractivity (Wildman–Crippen MR) is 83.4 cm³/mol. The second kappa shape index (κ2) is 7.11.